The van der Waals surface area contributed by atoms with Crippen molar-refractivity contribution in [2.75, 3.05) is 17.3 Å². The lowest BCUT2D eigenvalue weighted by Crippen LogP contribution is -2.14. The molecule has 0 aliphatic carbocycles. The molecule has 0 aliphatic rings. The molecule has 1 heterocycles. The lowest BCUT2D eigenvalue weighted by Gasteiger charge is -2.18. The Hall–Kier alpha value is -2.66. The number of rotatable bonds is 4. The second-order valence-electron chi connectivity index (χ2n) is 5.23. The van der Waals surface area contributed by atoms with E-state index in [0.717, 1.165) is 21.7 Å². The third-order valence-electron chi connectivity index (χ3n) is 3.62. The number of amides is 1. The van der Waals surface area contributed by atoms with Gasteiger partial charge in [-0.05, 0) is 52.3 Å². The lowest BCUT2D eigenvalue weighted by atomic mass is 10.2. The largest absolute Gasteiger partial charge is 0.329 e. The normalized spacial score (nSPS) is 10.2. The van der Waals surface area contributed by atoms with E-state index in [-0.39, 0.29) is 5.91 Å². The maximum Gasteiger partial charge on any atom is 0.257 e. The summed E-state index contributed by atoms with van der Waals surface area (Å²) in [5, 5.41) is 2.87. The Morgan fingerprint density at radius 1 is 1.00 bits per heavy atom. The van der Waals surface area contributed by atoms with Crippen molar-refractivity contribution in [2.45, 2.75) is 0 Å². The SMILES string of the molecule is CN(c1ccccc1)c1ccc(C(=O)Nc2ccccc2Br)cn1. The van der Waals surface area contributed by atoms with Crippen LogP contribution in [0, 0.1) is 0 Å². The summed E-state index contributed by atoms with van der Waals surface area (Å²) in [5.74, 6) is 0.585. The molecule has 120 valence electrons. The average Bonchev–Trinajstić information content (AvgIpc) is 2.64. The van der Waals surface area contributed by atoms with Gasteiger partial charge in [-0.25, -0.2) is 4.98 Å². The lowest BCUT2D eigenvalue weighted by molar-refractivity contribution is 0.102. The molecule has 24 heavy (non-hydrogen) atoms. The molecule has 3 aromatic rings. The maximum absolute atomic E-state index is 12.3. The van der Waals surface area contributed by atoms with E-state index in [4.69, 9.17) is 0 Å². The van der Waals surface area contributed by atoms with Gasteiger partial charge in [-0.15, -0.1) is 0 Å². The van der Waals surface area contributed by atoms with Crippen LogP contribution in [0.4, 0.5) is 17.2 Å². The number of benzene rings is 2. The topological polar surface area (TPSA) is 45.2 Å². The van der Waals surface area contributed by atoms with Crippen LogP contribution in [-0.2, 0) is 0 Å². The van der Waals surface area contributed by atoms with Crippen LogP contribution < -0.4 is 10.2 Å². The van der Waals surface area contributed by atoms with Crippen molar-refractivity contribution in [3.05, 3.63) is 83.0 Å². The number of hydrogen-bond donors (Lipinski definition) is 1. The summed E-state index contributed by atoms with van der Waals surface area (Å²) in [7, 11) is 1.94. The molecule has 0 unspecified atom stereocenters. The van der Waals surface area contributed by atoms with Crippen LogP contribution >= 0.6 is 15.9 Å². The van der Waals surface area contributed by atoms with Gasteiger partial charge in [-0.2, -0.15) is 0 Å². The molecule has 0 saturated heterocycles. The number of anilines is 3. The predicted molar refractivity (Wildman–Crippen MR) is 101 cm³/mol. The molecule has 3 rings (SSSR count). The summed E-state index contributed by atoms with van der Waals surface area (Å²) in [6.45, 7) is 0. The second kappa shape index (κ2) is 7.27. The first-order valence-electron chi connectivity index (χ1n) is 7.46. The van der Waals surface area contributed by atoms with Crippen LogP contribution in [0.5, 0.6) is 0 Å². The molecule has 0 radical (unpaired) electrons. The first-order chi connectivity index (χ1) is 11.6. The van der Waals surface area contributed by atoms with E-state index >= 15 is 0 Å². The fourth-order valence-corrected chi connectivity index (χ4v) is 2.64. The van der Waals surface area contributed by atoms with Gasteiger partial charge in [0.15, 0.2) is 0 Å². The highest BCUT2D eigenvalue weighted by Gasteiger charge is 2.10. The number of para-hydroxylation sites is 2. The fourth-order valence-electron chi connectivity index (χ4n) is 2.26. The van der Waals surface area contributed by atoms with Gasteiger partial charge < -0.3 is 10.2 Å². The highest BCUT2D eigenvalue weighted by atomic mass is 79.9. The van der Waals surface area contributed by atoms with Gasteiger partial charge in [-0.3, -0.25) is 4.79 Å². The van der Waals surface area contributed by atoms with Crippen molar-refractivity contribution < 1.29 is 4.79 Å². The zero-order valence-electron chi connectivity index (χ0n) is 13.1. The summed E-state index contributed by atoms with van der Waals surface area (Å²) in [6.07, 6.45) is 1.58. The number of hydrogen-bond acceptors (Lipinski definition) is 3. The Labute approximate surface area is 149 Å². The molecule has 1 N–H and O–H groups in total. The quantitative estimate of drug-likeness (QED) is 0.701. The monoisotopic (exact) mass is 381 g/mol. The smallest absolute Gasteiger partial charge is 0.257 e. The highest BCUT2D eigenvalue weighted by Crippen LogP contribution is 2.23. The van der Waals surface area contributed by atoms with Crippen LogP contribution in [0.2, 0.25) is 0 Å². The standard InChI is InChI=1S/C19H16BrN3O/c1-23(15-7-3-2-4-8-15)18-12-11-14(13-21-18)19(24)22-17-10-6-5-9-16(17)20/h2-13H,1H3,(H,22,24). The van der Waals surface area contributed by atoms with Crippen molar-refractivity contribution >= 4 is 39.0 Å². The van der Waals surface area contributed by atoms with Crippen molar-refractivity contribution in [3.8, 4) is 0 Å². The number of aromatic nitrogens is 1. The highest BCUT2D eigenvalue weighted by molar-refractivity contribution is 9.10. The second-order valence-corrected chi connectivity index (χ2v) is 6.09. The van der Waals surface area contributed by atoms with E-state index in [9.17, 15) is 4.79 Å². The van der Waals surface area contributed by atoms with Gasteiger partial charge in [0.05, 0.1) is 11.3 Å². The van der Waals surface area contributed by atoms with Crippen molar-refractivity contribution in [2.24, 2.45) is 0 Å². The van der Waals surface area contributed by atoms with Crippen molar-refractivity contribution in [1.29, 1.82) is 0 Å². The number of nitrogens with one attached hydrogen (secondary N) is 1. The van der Waals surface area contributed by atoms with Gasteiger partial charge in [0, 0.05) is 23.4 Å². The zero-order valence-corrected chi connectivity index (χ0v) is 14.7. The molecule has 2 aromatic carbocycles. The zero-order chi connectivity index (χ0) is 16.9. The molecule has 0 atom stereocenters. The molecule has 0 saturated carbocycles. The van der Waals surface area contributed by atoms with Gasteiger partial charge in [-0.1, -0.05) is 30.3 Å². The van der Waals surface area contributed by atoms with E-state index < -0.39 is 0 Å². The first kappa shape index (κ1) is 16.2. The number of pyridine rings is 1. The van der Waals surface area contributed by atoms with Crippen LogP contribution in [0.25, 0.3) is 0 Å². The fraction of sp³-hybridized carbons (Fsp3) is 0.0526. The molecule has 0 aliphatic heterocycles. The molecule has 1 amide bonds. The summed E-state index contributed by atoms with van der Waals surface area (Å²) in [6, 6.07) is 21.0. The van der Waals surface area contributed by atoms with E-state index in [1.165, 1.54) is 0 Å². The Morgan fingerprint density at radius 2 is 1.71 bits per heavy atom. The summed E-state index contributed by atoms with van der Waals surface area (Å²) < 4.78 is 0.840. The Balaban J connectivity index is 1.75. The Morgan fingerprint density at radius 3 is 2.38 bits per heavy atom. The minimum Gasteiger partial charge on any atom is -0.329 e. The molecule has 1 aromatic heterocycles. The van der Waals surface area contributed by atoms with Crippen LogP contribution in [-0.4, -0.2) is 17.9 Å². The van der Waals surface area contributed by atoms with Gasteiger partial charge in [0.25, 0.3) is 5.91 Å². The maximum atomic E-state index is 12.3. The number of carbonyl (C=O) groups excluding carboxylic acids is 1. The number of halogens is 1. The molecule has 4 nitrogen and oxygen atoms in total. The molecular formula is C19H16BrN3O. The molecule has 0 spiro atoms. The van der Waals surface area contributed by atoms with Crippen LogP contribution in [0.15, 0.2) is 77.4 Å². The third kappa shape index (κ3) is 3.63. The molecule has 0 fully saturated rings. The minimum absolute atomic E-state index is 0.191. The third-order valence-corrected chi connectivity index (χ3v) is 4.31. The Kier molecular flexibility index (Phi) is 4.91. The van der Waals surface area contributed by atoms with E-state index in [2.05, 4.69) is 26.2 Å². The van der Waals surface area contributed by atoms with E-state index in [0.29, 0.717) is 5.56 Å². The van der Waals surface area contributed by atoms with Crippen LogP contribution in [0.1, 0.15) is 10.4 Å². The summed E-state index contributed by atoms with van der Waals surface area (Å²) >= 11 is 3.42. The van der Waals surface area contributed by atoms with Gasteiger partial charge in [0.1, 0.15) is 5.82 Å². The summed E-state index contributed by atoms with van der Waals surface area (Å²) in [4.78, 5) is 18.7. The summed E-state index contributed by atoms with van der Waals surface area (Å²) in [5.41, 5.74) is 2.28. The minimum atomic E-state index is -0.191. The number of carbonyl (C=O) groups is 1. The first-order valence-corrected chi connectivity index (χ1v) is 8.25. The molecule has 5 heteroatoms. The van der Waals surface area contributed by atoms with Gasteiger partial charge in [0.2, 0.25) is 0 Å². The number of nitrogens with zero attached hydrogens (tertiary/aromatic N) is 2. The molecule has 0 bridgehead atoms. The van der Waals surface area contributed by atoms with Crippen molar-refractivity contribution in [3.63, 3.8) is 0 Å². The average molecular weight is 382 g/mol. The van der Waals surface area contributed by atoms with E-state index in [1.807, 2.05) is 72.6 Å². The predicted octanol–water partition coefficient (Wildman–Crippen LogP) is 4.86. The van der Waals surface area contributed by atoms with Gasteiger partial charge >= 0.3 is 0 Å². The van der Waals surface area contributed by atoms with Crippen LogP contribution in [0.3, 0.4) is 0 Å². The van der Waals surface area contributed by atoms with E-state index in [1.54, 1.807) is 12.3 Å². The van der Waals surface area contributed by atoms with Crippen molar-refractivity contribution in [1.82, 2.24) is 4.98 Å². The Bertz CT molecular complexity index is 835. The molecular weight excluding hydrogens is 366 g/mol.